The molecule has 0 aliphatic carbocycles. The van der Waals surface area contributed by atoms with E-state index >= 15 is 0 Å². The number of nitrogens with one attached hydrogen (secondary N) is 1. The lowest BCUT2D eigenvalue weighted by atomic mass is 10.2. The predicted molar refractivity (Wildman–Crippen MR) is 129 cm³/mol. The summed E-state index contributed by atoms with van der Waals surface area (Å²) < 4.78 is 12.8. The summed E-state index contributed by atoms with van der Waals surface area (Å²) in [5.74, 6) is 1.38. The molecular weight excluding hydrogens is 426 g/mol. The molecule has 0 aliphatic heterocycles. The third-order valence-corrected chi connectivity index (χ3v) is 5.52. The number of nitrogens with zero attached hydrogens (tertiary/aromatic N) is 2. The average Bonchev–Trinajstić information content (AvgIpc) is 2.76. The molecule has 3 aromatic rings. The third-order valence-electron chi connectivity index (χ3n) is 4.54. The summed E-state index contributed by atoms with van der Waals surface area (Å²) in [5, 5.41) is 4.01. The lowest BCUT2D eigenvalue weighted by Gasteiger charge is -2.15. The van der Waals surface area contributed by atoms with Gasteiger partial charge in [0.05, 0.1) is 35.6 Å². The summed E-state index contributed by atoms with van der Waals surface area (Å²) in [5.41, 5.74) is 1.09. The SMILES string of the molecule is CCOc1ccc(OCC)c(NC(=O)CSc2nc3ccccc3c(=O)n2CC(C)C)c1. The van der Waals surface area contributed by atoms with E-state index in [0.29, 0.717) is 53.0 Å². The molecule has 0 radical (unpaired) electrons. The van der Waals surface area contributed by atoms with Crippen LogP contribution < -0.4 is 20.3 Å². The van der Waals surface area contributed by atoms with Gasteiger partial charge in [-0.25, -0.2) is 4.98 Å². The molecule has 2 aromatic carbocycles. The zero-order valence-corrected chi connectivity index (χ0v) is 19.7. The highest BCUT2D eigenvalue weighted by atomic mass is 32.2. The maximum atomic E-state index is 13.0. The van der Waals surface area contributed by atoms with Crippen molar-refractivity contribution in [2.75, 3.05) is 24.3 Å². The van der Waals surface area contributed by atoms with Gasteiger partial charge in [-0.2, -0.15) is 0 Å². The highest BCUT2D eigenvalue weighted by molar-refractivity contribution is 7.99. The quantitative estimate of drug-likeness (QED) is 0.356. The van der Waals surface area contributed by atoms with Crippen LogP contribution in [0, 0.1) is 5.92 Å². The van der Waals surface area contributed by atoms with Crippen LogP contribution in [-0.4, -0.2) is 34.4 Å². The monoisotopic (exact) mass is 455 g/mol. The van der Waals surface area contributed by atoms with Crippen molar-refractivity contribution in [2.24, 2.45) is 5.92 Å². The zero-order valence-electron chi connectivity index (χ0n) is 18.9. The first-order chi connectivity index (χ1) is 15.4. The summed E-state index contributed by atoms with van der Waals surface area (Å²) in [6, 6.07) is 12.6. The Morgan fingerprint density at radius 2 is 1.88 bits per heavy atom. The minimum Gasteiger partial charge on any atom is -0.494 e. The van der Waals surface area contributed by atoms with Crippen LogP contribution in [0.15, 0.2) is 52.4 Å². The average molecular weight is 456 g/mol. The Morgan fingerprint density at radius 3 is 2.59 bits per heavy atom. The number of benzene rings is 2. The minimum absolute atomic E-state index is 0.0877. The van der Waals surface area contributed by atoms with E-state index < -0.39 is 0 Å². The molecule has 0 spiro atoms. The van der Waals surface area contributed by atoms with E-state index in [1.165, 1.54) is 11.8 Å². The highest BCUT2D eigenvalue weighted by Crippen LogP contribution is 2.30. The number of carbonyl (C=O) groups excluding carboxylic acids is 1. The van der Waals surface area contributed by atoms with Crippen LogP contribution in [0.1, 0.15) is 27.7 Å². The number of ether oxygens (including phenoxy) is 2. The zero-order chi connectivity index (χ0) is 23.1. The number of rotatable bonds is 10. The van der Waals surface area contributed by atoms with Crippen LogP contribution in [0.5, 0.6) is 11.5 Å². The van der Waals surface area contributed by atoms with Gasteiger partial charge < -0.3 is 14.8 Å². The standard InChI is InChI=1S/C24H29N3O4S/c1-5-30-17-11-12-21(31-6-2)20(13-17)25-22(28)15-32-24-26-19-10-8-7-9-18(19)23(29)27(24)14-16(3)4/h7-13,16H,5-6,14-15H2,1-4H3,(H,25,28). The van der Waals surface area contributed by atoms with Gasteiger partial charge in [0, 0.05) is 12.6 Å². The molecule has 0 saturated carbocycles. The van der Waals surface area contributed by atoms with Gasteiger partial charge in [0.15, 0.2) is 5.16 Å². The van der Waals surface area contributed by atoms with E-state index in [9.17, 15) is 9.59 Å². The van der Waals surface area contributed by atoms with Crippen molar-refractivity contribution in [1.29, 1.82) is 0 Å². The fraction of sp³-hybridized carbons (Fsp3) is 0.375. The molecule has 1 amide bonds. The summed E-state index contributed by atoms with van der Waals surface area (Å²) in [6.45, 7) is 9.42. The van der Waals surface area contributed by atoms with Crippen LogP contribution in [0.2, 0.25) is 0 Å². The number of fused-ring (bicyclic) bond motifs is 1. The Kier molecular flexibility index (Phi) is 8.16. The van der Waals surface area contributed by atoms with Gasteiger partial charge in [-0.1, -0.05) is 37.7 Å². The molecule has 1 aromatic heterocycles. The van der Waals surface area contributed by atoms with Crippen LogP contribution >= 0.6 is 11.8 Å². The van der Waals surface area contributed by atoms with Gasteiger partial charge in [0.1, 0.15) is 11.5 Å². The predicted octanol–water partition coefficient (Wildman–Crippen LogP) is 4.58. The molecule has 1 N–H and O–H groups in total. The Labute approximate surface area is 192 Å². The number of aromatic nitrogens is 2. The smallest absolute Gasteiger partial charge is 0.262 e. The fourth-order valence-electron chi connectivity index (χ4n) is 3.24. The van der Waals surface area contributed by atoms with Gasteiger partial charge in [0.25, 0.3) is 5.56 Å². The molecule has 0 aliphatic rings. The fourth-order valence-corrected chi connectivity index (χ4v) is 4.05. The van der Waals surface area contributed by atoms with Crippen LogP contribution in [0.3, 0.4) is 0 Å². The second kappa shape index (κ2) is 11.0. The van der Waals surface area contributed by atoms with Gasteiger partial charge in [-0.05, 0) is 44.0 Å². The Balaban J connectivity index is 1.81. The van der Waals surface area contributed by atoms with Gasteiger partial charge >= 0.3 is 0 Å². The van der Waals surface area contributed by atoms with Crippen molar-refractivity contribution >= 4 is 34.3 Å². The van der Waals surface area contributed by atoms with E-state index in [-0.39, 0.29) is 23.1 Å². The van der Waals surface area contributed by atoms with Gasteiger partial charge in [-0.3, -0.25) is 14.2 Å². The van der Waals surface area contributed by atoms with Crippen molar-refractivity contribution in [2.45, 2.75) is 39.4 Å². The topological polar surface area (TPSA) is 82.5 Å². The molecule has 8 heteroatoms. The number of amides is 1. The molecule has 0 atom stereocenters. The van der Waals surface area contributed by atoms with Crippen molar-refractivity contribution in [1.82, 2.24) is 9.55 Å². The van der Waals surface area contributed by atoms with E-state index in [1.54, 1.807) is 22.8 Å². The first-order valence-corrected chi connectivity index (χ1v) is 11.7. The number of anilines is 1. The molecule has 0 bridgehead atoms. The Morgan fingerprint density at radius 1 is 1.12 bits per heavy atom. The minimum atomic E-state index is -0.219. The first-order valence-electron chi connectivity index (χ1n) is 10.7. The number of hydrogen-bond donors (Lipinski definition) is 1. The molecular formula is C24H29N3O4S. The molecule has 32 heavy (non-hydrogen) atoms. The van der Waals surface area contributed by atoms with Crippen LogP contribution in [0.25, 0.3) is 10.9 Å². The third kappa shape index (κ3) is 5.82. The lowest BCUT2D eigenvalue weighted by Crippen LogP contribution is -2.26. The summed E-state index contributed by atoms with van der Waals surface area (Å²) in [6.07, 6.45) is 0. The maximum Gasteiger partial charge on any atom is 0.262 e. The Bertz CT molecular complexity index is 1140. The molecule has 3 rings (SSSR count). The van der Waals surface area contributed by atoms with Gasteiger partial charge in [0.2, 0.25) is 5.91 Å². The van der Waals surface area contributed by atoms with Gasteiger partial charge in [-0.15, -0.1) is 0 Å². The number of para-hydroxylation sites is 1. The van der Waals surface area contributed by atoms with Crippen LogP contribution in [0.4, 0.5) is 5.69 Å². The lowest BCUT2D eigenvalue weighted by molar-refractivity contribution is -0.113. The molecule has 7 nitrogen and oxygen atoms in total. The highest BCUT2D eigenvalue weighted by Gasteiger charge is 2.15. The van der Waals surface area contributed by atoms with E-state index in [1.807, 2.05) is 52.0 Å². The summed E-state index contributed by atoms with van der Waals surface area (Å²) in [7, 11) is 0. The first kappa shape index (κ1) is 23.7. The molecule has 0 saturated heterocycles. The second-order valence-electron chi connectivity index (χ2n) is 7.58. The largest absolute Gasteiger partial charge is 0.494 e. The maximum absolute atomic E-state index is 13.0. The molecule has 0 fully saturated rings. The van der Waals surface area contributed by atoms with E-state index in [4.69, 9.17) is 9.47 Å². The van der Waals surface area contributed by atoms with E-state index in [0.717, 1.165) is 0 Å². The Hall–Kier alpha value is -3.00. The summed E-state index contributed by atoms with van der Waals surface area (Å²) >= 11 is 1.25. The summed E-state index contributed by atoms with van der Waals surface area (Å²) in [4.78, 5) is 30.4. The number of thioether (sulfide) groups is 1. The van der Waals surface area contributed by atoms with E-state index in [2.05, 4.69) is 10.3 Å². The second-order valence-corrected chi connectivity index (χ2v) is 8.52. The number of carbonyl (C=O) groups is 1. The van der Waals surface area contributed by atoms with Crippen LogP contribution in [-0.2, 0) is 11.3 Å². The number of hydrogen-bond acceptors (Lipinski definition) is 6. The molecule has 0 unspecified atom stereocenters. The molecule has 1 heterocycles. The normalized spacial score (nSPS) is 11.0. The van der Waals surface area contributed by atoms with Crippen molar-refractivity contribution in [3.63, 3.8) is 0 Å². The van der Waals surface area contributed by atoms with Crippen molar-refractivity contribution in [3.8, 4) is 11.5 Å². The van der Waals surface area contributed by atoms with Crippen molar-refractivity contribution in [3.05, 3.63) is 52.8 Å². The van der Waals surface area contributed by atoms with Crippen molar-refractivity contribution < 1.29 is 14.3 Å². The molecule has 170 valence electrons.